The van der Waals surface area contributed by atoms with Crippen LogP contribution < -0.4 is 5.32 Å². The van der Waals surface area contributed by atoms with E-state index in [1.165, 1.54) is 11.8 Å². The van der Waals surface area contributed by atoms with Crippen molar-refractivity contribution >= 4 is 103 Å². The second-order valence-corrected chi connectivity index (χ2v) is 11.7. The smallest absolute Gasteiger partial charge is 0.338 e. The number of halogens is 4. The Morgan fingerprint density at radius 2 is 1.25 bits per heavy atom. The number of anilines is 1. The second-order valence-electron chi connectivity index (χ2n) is 8.76. The van der Waals surface area contributed by atoms with Crippen LogP contribution in [0.5, 0.6) is 0 Å². The average Bonchev–Trinajstić information content (AvgIpc) is 3.28. The molecule has 0 saturated heterocycles. The zero-order valence-electron chi connectivity index (χ0n) is 20.5. The molecule has 0 fully saturated rings. The second kappa shape index (κ2) is 11.4. The number of hydrogen-bond donors (Lipinski definition) is 2. The predicted molar refractivity (Wildman–Crippen MR) is 163 cm³/mol. The van der Waals surface area contributed by atoms with Gasteiger partial charge in [-0.1, -0.05) is 82.8 Å². The summed E-state index contributed by atoms with van der Waals surface area (Å²) in [5.41, 5.74) is 1.10. The normalized spacial score (nSPS) is 12.0. The lowest BCUT2D eigenvalue weighted by Gasteiger charge is -2.15. The number of hydrogen-bond acceptors (Lipinski definition) is 4. The van der Waals surface area contributed by atoms with Crippen molar-refractivity contribution in [1.82, 2.24) is 4.57 Å². The number of carboxylic acid groups (broad SMARTS) is 1. The highest BCUT2D eigenvalue weighted by Gasteiger charge is 2.29. The van der Waals surface area contributed by atoms with Gasteiger partial charge in [0.15, 0.2) is 0 Å². The minimum absolute atomic E-state index is 0.0629. The van der Waals surface area contributed by atoms with Gasteiger partial charge in [-0.05, 0) is 43.3 Å². The van der Waals surface area contributed by atoms with Crippen LogP contribution in [0.4, 0.5) is 5.69 Å². The Labute approximate surface area is 252 Å². The Hall–Kier alpha value is -3.20. The van der Waals surface area contributed by atoms with E-state index in [1.54, 1.807) is 28.8 Å². The number of thioether (sulfide) groups is 1. The number of amides is 1. The molecule has 1 amide bonds. The van der Waals surface area contributed by atoms with E-state index in [0.29, 0.717) is 5.69 Å². The van der Waals surface area contributed by atoms with E-state index in [-0.39, 0.29) is 26.0 Å². The summed E-state index contributed by atoms with van der Waals surface area (Å²) in [7, 11) is 0. The van der Waals surface area contributed by atoms with E-state index in [1.807, 2.05) is 55.5 Å². The maximum atomic E-state index is 13.6. The monoisotopic (exact) mass is 630 g/mol. The van der Waals surface area contributed by atoms with Crippen LogP contribution in [0.15, 0.2) is 77.7 Å². The quantitative estimate of drug-likeness (QED) is 0.111. The molecular weight excluding hydrogens is 614 g/mol. The minimum Gasteiger partial charge on any atom is -0.478 e. The number of aromatic carboxylic acids is 1. The standard InChI is InChI=1S/C29H18Cl4N2O4S/c1-14(28(37)35-19-8-4-2-6-17(19)18-7-3-5-9-20(18)35)40-16-12-10-15(11-13-16)34-27(36)21-22(29(38)39)24(31)26(33)25(32)23(21)30/h2-14H,1H3,(H,34,36)(H,38,39). The number of rotatable bonds is 6. The van der Waals surface area contributed by atoms with Gasteiger partial charge < -0.3 is 10.4 Å². The van der Waals surface area contributed by atoms with Crippen LogP contribution in [-0.4, -0.2) is 32.7 Å². The van der Waals surface area contributed by atoms with Gasteiger partial charge in [0.1, 0.15) is 0 Å². The molecule has 5 rings (SSSR count). The number of nitrogens with one attached hydrogen (secondary N) is 1. The van der Waals surface area contributed by atoms with Crippen molar-refractivity contribution in [2.45, 2.75) is 17.1 Å². The molecule has 0 aliphatic rings. The summed E-state index contributed by atoms with van der Waals surface area (Å²) in [4.78, 5) is 39.2. The maximum Gasteiger partial charge on any atom is 0.338 e. The first-order chi connectivity index (χ1) is 19.1. The first kappa shape index (κ1) is 28.3. The van der Waals surface area contributed by atoms with Crippen LogP contribution in [0.1, 0.15) is 32.4 Å². The number of carboxylic acids is 1. The zero-order chi connectivity index (χ0) is 28.7. The van der Waals surface area contributed by atoms with Gasteiger partial charge in [-0.2, -0.15) is 0 Å². The first-order valence-corrected chi connectivity index (χ1v) is 14.2. The number of carbonyl (C=O) groups is 3. The Balaban J connectivity index is 1.36. The molecule has 0 aliphatic carbocycles. The van der Waals surface area contributed by atoms with Crippen molar-refractivity contribution in [3.8, 4) is 0 Å². The molecule has 1 atom stereocenters. The molecule has 1 aromatic heterocycles. The molecule has 0 radical (unpaired) electrons. The molecule has 2 N–H and O–H groups in total. The lowest BCUT2D eigenvalue weighted by molar-refractivity contribution is 0.0692. The summed E-state index contributed by atoms with van der Waals surface area (Å²) in [6, 6.07) is 22.4. The summed E-state index contributed by atoms with van der Waals surface area (Å²) in [6.07, 6.45) is 0. The van der Waals surface area contributed by atoms with Gasteiger partial charge in [0.2, 0.25) is 5.91 Å². The van der Waals surface area contributed by atoms with Crippen molar-refractivity contribution in [2.24, 2.45) is 0 Å². The fraction of sp³-hybridized carbons (Fsp3) is 0.0690. The molecule has 202 valence electrons. The Morgan fingerprint density at radius 1 is 0.750 bits per heavy atom. The lowest BCUT2D eigenvalue weighted by atomic mass is 10.1. The molecule has 11 heteroatoms. The van der Waals surface area contributed by atoms with Crippen LogP contribution in [-0.2, 0) is 0 Å². The van der Waals surface area contributed by atoms with Crippen molar-refractivity contribution < 1.29 is 19.5 Å². The Morgan fingerprint density at radius 3 is 1.77 bits per heavy atom. The first-order valence-electron chi connectivity index (χ1n) is 11.8. The van der Waals surface area contributed by atoms with Crippen molar-refractivity contribution in [3.05, 3.63) is 104 Å². The molecule has 0 spiro atoms. The molecule has 6 nitrogen and oxygen atoms in total. The SMILES string of the molecule is CC(Sc1ccc(NC(=O)c2c(Cl)c(Cl)c(Cl)c(Cl)c2C(=O)O)cc1)C(=O)n1c2ccccc2c2ccccc21. The summed E-state index contributed by atoms with van der Waals surface area (Å²) in [5.74, 6) is -2.37. The Kier molecular flexibility index (Phi) is 8.04. The van der Waals surface area contributed by atoms with Gasteiger partial charge in [-0.3, -0.25) is 14.2 Å². The highest BCUT2D eigenvalue weighted by atomic mass is 35.5. The van der Waals surface area contributed by atoms with Gasteiger partial charge in [0.25, 0.3) is 5.91 Å². The van der Waals surface area contributed by atoms with Crippen molar-refractivity contribution in [3.63, 3.8) is 0 Å². The average molecular weight is 632 g/mol. The number of fused-ring (bicyclic) bond motifs is 3. The molecule has 1 heterocycles. The number of aromatic nitrogens is 1. The fourth-order valence-electron chi connectivity index (χ4n) is 4.45. The number of para-hydroxylation sites is 2. The van der Waals surface area contributed by atoms with Gasteiger partial charge >= 0.3 is 5.97 Å². The summed E-state index contributed by atoms with van der Waals surface area (Å²) >= 11 is 25.6. The fourth-order valence-corrected chi connectivity index (χ4v) is 6.38. The molecule has 0 aliphatic heterocycles. The van der Waals surface area contributed by atoms with E-state index in [9.17, 15) is 19.5 Å². The number of carbonyl (C=O) groups excluding carboxylic acids is 2. The molecular formula is C29H18Cl4N2O4S. The molecule has 5 aromatic rings. The summed E-state index contributed by atoms with van der Waals surface area (Å²) in [6.45, 7) is 1.84. The van der Waals surface area contributed by atoms with Crippen molar-refractivity contribution in [1.29, 1.82) is 0 Å². The number of nitrogens with zero attached hydrogens (tertiary/aromatic N) is 1. The van der Waals surface area contributed by atoms with Crippen LogP contribution in [0, 0.1) is 0 Å². The van der Waals surface area contributed by atoms with Crippen LogP contribution >= 0.6 is 58.2 Å². The van der Waals surface area contributed by atoms with Gasteiger partial charge in [-0.15, -0.1) is 11.8 Å². The highest BCUT2D eigenvalue weighted by Crippen LogP contribution is 2.42. The Bertz CT molecular complexity index is 1780. The third-order valence-corrected chi connectivity index (χ3v) is 9.18. The topological polar surface area (TPSA) is 88.4 Å². The lowest BCUT2D eigenvalue weighted by Crippen LogP contribution is -2.21. The molecule has 0 bridgehead atoms. The zero-order valence-corrected chi connectivity index (χ0v) is 24.4. The van der Waals surface area contributed by atoms with Crippen LogP contribution in [0.2, 0.25) is 20.1 Å². The number of benzene rings is 4. The van der Waals surface area contributed by atoms with E-state index < -0.39 is 28.3 Å². The van der Waals surface area contributed by atoms with E-state index >= 15 is 0 Å². The molecule has 40 heavy (non-hydrogen) atoms. The third kappa shape index (κ3) is 5.04. The van der Waals surface area contributed by atoms with Gasteiger partial charge in [-0.25, -0.2) is 4.79 Å². The van der Waals surface area contributed by atoms with E-state index in [0.717, 1.165) is 26.7 Å². The van der Waals surface area contributed by atoms with Crippen LogP contribution in [0.3, 0.4) is 0 Å². The maximum absolute atomic E-state index is 13.6. The van der Waals surface area contributed by atoms with Gasteiger partial charge in [0.05, 0.1) is 47.5 Å². The highest BCUT2D eigenvalue weighted by molar-refractivity contribution is 8.00. The van der Waals surface area contributed by atoms with E-state index in [4.69, 9.17) is 46.4 Å². The largest absolute Gasteiger partial charge is 0.478 e. The summed E-state index contributed by atoms with van der Waals surface area (Å²) < 4.78 is 1.75. The third-order valence-electron chi connectivity index (χ3n) is 6.28. The predicted octanol–water partition coefficient (Wildman–Crippen LogP) is 9.18. The molecule has 0 saturated carbocycles. The molecule has 4 aromatic carbocycles. The minimum atomic E-state index is -1.48. The summed E-state index contributed by atoms with van der Waals surface area (Å²) in [5, 5.41) is 12.6. The van der Waals surface area contributed by atoms with Crippen LogP contribution in [0.25, 0.3) is 21.8 Å². The van der Waals surface area contributed by atoms with Crippen molar-refractivity contribution in [2.75, 3.05) is 5.32 Å². The molecule has 1 unspecified atom stereocenters. The van der Waals surface area contributed by atoms with Gasteiger partial charge in [0, 0.05) is 21.4 Å². The van der Waals surface area contributed by atoms with E-state index in [2.05, 4.69) is 5.32 Å².